The van der Waals surface area contributed by atoms with E-state index < -0.39 is 0 Å². The van der Waals surface area contributed by atoms with Crippen molar-refractivity contribution in [2.45, 2.75) is 37.6 Å². The van der Waals surface area contributed by atoms with Gasteiger partial charge in [0.25, 0.3) is 5.56 Å². The Balaban J connectivity index is 1.30. The zero-order valence-corrected chi connectivity index (χ0v) is 20.7. The lowest BCUT2D eigenvalue weighted by atomic mass is 10.0. The van der Waals surface area contributed by atoms with Gasteiger partial charge in [-0.1, -0.05) is 48.2 Å². The summed E-state index contributed by atoms with van der Waals surface area (Å²) >= 11 is 1.47. The number of thioether (sulfide) groups is 1. The third-order valence-electron chi connectivity index (χ3n) is 5.64. The first-order valence-corrected chi connectivity index (χ1v) is 12.4. The summed E-state index contributed by atoms with van der Waals surface area (Å²) in [5, 5.41) is 3.56. The molecule has 0 radical (unpaired) electrons. The summed E-state index contributed by atoms with van der Waals surface area (Å²) in [6, 6.07) is 15.5. The number of fused-ring (bicyclic) bond motifs is 1. The molecular weight excluding hydrogens is 466 g/mol. The second kappa shape index (κ2) is 11.9. The van der Waals surface area contributed by atoms with Crippen molar-refractivity contribution in [1.29, 1.82) is 0 Å². The maximum atomic E-state index is 13.1. The number of carbonyl (C=O) groups is 1. The van der Waals surface area contributed by atoms with Gasteiger partial charge in [-0.25, -0.2) is 4.98 Å². The lowest BCUT2D eigenvalue weighted by Gasteiger charge is -2.14. The van der Waals surface area contributed by atoms with Crippen molar-refractivity contribution in [2.24, 2.45) is 7.05 Å². The predicted molar refractivity (Wildman–Crippen MR) is 134 cm³/mol. The summed E-state index contributed by atoms with van der Waals surface area (Å²) in [6.45, 7) is 0.933. The van der Waals surface area contributed by atoms with Crippen molar-refractivity contribution in [2.75, 3.05) is 19.7 Å². The molecule has 8 nitrogen and oxygen atoms in total. The third kappa shape index (κ3) is 6.43. The number of hydrogen-bond donors (Lipinski definition) is 1. The highest BCUT2D eigenvalue weighted by atomic mass is 32.2. The number of methoxy groups -OCH3 is 1. The first kappa shape index (κ1) is 24.8. The van der Waals surface area contributed by atoms with Crippen LogP contribution in [-0.2, 0) is 36.2 Å². The molecule has 0 unspecified atom stereocenters. The first-order valence-electron chi connectivity index (χ1n) is 11.4. The number of rotatable bonds is 11. The summed E-state index contributed by atoms with van der Waals surface area (Å²) < 4.78 is 17.6. The molecule has 35 heavy (non-hydrogen) atoms. The Kier molecular flexibility index (Phi) is 8.44. The average molecular weight is 496 g/mol. The largest absolute Gasteiger partial charge is 0.454 e. The molecule has 9 heteroatoms. The van der Waals surface area contributed by atoms with Gasteiger partial charge in [0.05, 0.1) is 12.3 Å². The van der Waals surface area contributed by atoms with E-state index in [-0.39, 0.29) is 24.9 Å². The Hall–Kier alpha value is -3.30. The maximum Gasteiger partial charge on any atom is 0.257 e. The summed E-state index contributed by atoms with van der Waals surface area (Å²) in [5.41, 5.74) is 3.24. The molecule has 1 aliphatic heterocycles. The number of ether oxygens (including phenoxy) is 3. The quantitative estimate of drug-likeness (QED) is 0.248. The molecule has 3 aromatic rings. The number of benzene rings is 2. The molecule has 0 aliphatic carbocycles. The van der Waals surface area contributed by atoms with Crippen LogP contribution in [0.2, 0.25) is 0 Å². The molecule has 0 fully saturated rings. The highest BCUT2D eigenvalue weighted by Crippen LogP contribution is 2.32. The lowest BCUT2D eigenvalue weighted by molar-refractivity contribution is -0.121. The molecule has 4 rings (SSSR count). The van der Waals surface area contributed by atoms with Gasteiger partial charge in [0, 0.05) is 44.9 Å². The van der Waals surface area contributed by atoms with Crippen LogP contribution in [0, 0.1) is 0 Å². The molecule has 1 amide bonds. The van der Waals surface area contributed by atoms with Gasteiger partial charge in [-0.3, -0.25) is 14.2 Å². The predicted octanol–water partition coefficient (Wildman–Crippen LogP) is 3.43. The van der Waals surface area contributed by atoms with Crippen LogP contribution < -0.4 is 20.3 Å². The van der Waals surface area contributed by atoms with Gasteiger partial charge in [0.15, 0.2) is 16.7 Å². The fraction of sp³-hybridized carbons (Fsp3) is 0.346. The Morgan fingerprint density at radius 2 is 1.94 bits per heavy atom. The monoisotopic (exact) mass is 495 g/mol. The van der Waals surface area contributed by atoms with Crippen LogP contribution in [0.1, 0.15) is 35.2 Å². The van der Waals surface area contributed by atoms with Crippen molar-refractivity contribution >= 4 is 17.7 Å². The fourth-order valence-corrected chi connectivity index (χ4v) is 4.69. The van der Waals surface area contributed by atoms with E-state index in [9.17, 15) is 9.59 Å². The van der Waals surface area contributed by atoms with Gasteiger partial charge < -0.3 is 19.5 Å². The van der Waals surface area contributed by atoms with E-state index in [4.69, 9.17) is 19.2 Å². The zero-order valence-electron chi connectivity index (χ0n) is 19.9. The number of aromatic nitrogens is 2. The molecule has 0 spiro atoms. The smallest absolute Gasteiger partial charge is 0.257 e. The van der Waals surface area contributed by atoms with Crippen LogP contribution in [0.15, 0.2) is 58.5 Å². The van der Waals surface area contributed by atoms with E-state index in [0.29, 0.717) is 53.7 Å². The minimum Gasteiger partial charge on any atom is -0.454 e. The van der Waals surface area contributed by atoms with E-state index in [1.807, 2.05) is 48.5 Å². The summed E-state index contributed by atoms with van der Waals surface area (Å²) in [6.07, 6.45) is 1.56. The van der Waals surface area contributed by atoms with Crippen molar-refractivity contribution in [3.05, 3.63) is 81.3 Å². The highest BCUT2D eigenvalue weighted by Gasteiger charge is 2.16. The van der Waals surface area contributed by atoms with E-state index in [1.165, 1.54) is 11.8 Å². The van der Waals surface area contributed by atoms with Gasteiger partial charge >= 0.3 is 0 Å². The van der Waals surface area contributed by atoms with Crippen molar-refractivity contribution in [3.63, 3.8) is 0 Å². The Labute approximate surface area is 208 Å². The minimum atomic E-state index is -0.0696. The van der Waals surface area contributed by atoms with Crippen molar-refractivity contribution < 1.29 is 19.0 Å². The normalized spacial score (nSPS) is 12.1. The second-order valence-electron chi connectivity index (χ2n) is 8.20. The summed E-state index contributed by atoms with van der Waals surface area (Å²) in [4.78, 5) is 30.1. The molecule has 1 N–H and O–H groups in total. The van der Waals surface area contributed by atoms with Crippen molar-refractivity contribution in [3.8, 4) is 11.5 Å². The van der Waals surface area contributed by atoms with Crippen molar-refractivity contribution in [1.82, 2.24) is 14.9 Å². The van der Waals surface area contributed by atoms with Crippen LogP contribution in [0.4, 0.5) is 0 Å². The number of nitrogens with zero attached hydrogens (tertiary/aromatic N) is 2. The average Bonchev–Trinajstić information content (AvgIpc) is 3.34. The molecule has 2 heterocycles. The molecule has 0 saturated heterocycles. The van der Waals surface area contributed by atoms with E-state index in [0.717, 1.165) is 16.9 Å². The van der Waals surface area contributed by atoms with Gasteiger partial charge in [-0.15, -0.1) is 0 Å². The summed E-state index contributed by atoms with van der Waals surface area (Å²) in [5.74, 6) is 2.07. The number of carbonyl (C=O) groups excluding carboxylic acids is 1. The molecule has 2 aromatic carbocycles. The SMILES string of the molecule is COCc1nc(SCCCC(=O)NCc2ccc3c(c2)OCO3)n(C)c(=O)c1Cc1ccccc1. The molecule has 0 bridgehead atoms. The highest BCUT2D eigenvalue weighted by molar-refractivity contribution is 7.99. The molecule has 0 atom stereocenters. The second-order valence-corrected chi connectivity index (χ2v) is 9.26. The molecule has 184 valence electrons. The lowest BCUT2D eigenvalue weighted by Crippen LogP contribution is -2.27. The molecule has 0 saturated carbocycles. The third-order valence-corrected chi connectivity index (χ3v) is 6.76. The minimum absolute atomic E-state index is 0.0246. The van der Waals surface area contributed by atoms with Crippen LogP contribution in [0.5, 0.6) is 11.5 Å². The number of amides is 1. The zero-order chi connectivity index (χ0) is 24.6. The van der Waals surface area contributed by atoms with Crippen LogP contribution >= 0.6 is 11.8 Å². The molecule has 1 aromatic heterocycles. The van der Waals surface area contributed by atoms with Crippen LogP contribution in [-0.4, -0.2) is 35.1 Å². The first-order chi connectivity index (χ1) is 17.0. The number of nitrogens with one attached hydrogen (secondary N) is 1. The van der Waals surface area contributed by atoms with Gasteiger partial charge in [-0.2, -0.15) is 0 Å². The molecular formula is C26H29N3O5S. The van der Waals surface area contributed by atoms with E-state index in [1.54, 1.807) is 18.7 Å². The van der Waals surface area contributed by atoms with E-state index >= 15 is 0 Å². The van der Waals surface area contributed by atoms with Crippen LogP contribution in [0.25, 0.3) is 0 Å². The van der Waals surface area contributed by atoms with E-state index in [2.05, 4.69) is 5.32 Å². The van der Waals surface area contributed by atoms with Gasteiger partial charge in [0.2, 0.25) is 12.7 Å². The summed E-state index contributed by atoms with van der Waals surface area (Å²) in [7, 11) is 3.33. The topological polar surface area (TPSA) is 91.7 Å². The number of hydrogen-bond acceptors (Lipinski definition) is 7. The Bertz CT molecular complexity index is 1230. The van der Waals surface area contributed by atoms with Gasteiger partial charge in [0.1, 0.15) is 0 Å². The fourth-order valence-electron chi connectivity index (χ4n) is 3.77. The Morgan fingerprint density at radius 3 is 2.74 bits per heavy atom. The van der Waals surface area contributed by atoms with Crippen LogP contribution in [0.3, 0.4) is 0 Å². The maximum absolute atomic E-state index is 13.1. The standard InChI is InChI=1S/C26H29N3O5S/c1-29-25(31)20(13-18-7-4-3-5-8-18)21(16-32-2)28-26(29)35-12-6-9-24(30)27-15-19-10-11-22-23(14-19)34-17-33-22/h3-5,7-8,10-11,14H,6,9,12-13,15-17H2,1-2H3,(H,27,30). The van der Waals surface area contributed by atoms with Gasteiger partial charge in [-0.05, 0) is 29.7 Å². The molecule has 1 aliphatic rings. The Morgan fingerprint density at radius 1 is 1.14 bits per heavy atom.